The molecule has 0 unspecified atom stereocenters. The summed E-state index contributed by atoms with van der Waals surface area (Å²) in [7, 11) is -2.00. The average molecular weight is 342 g/mol. The molecular weight excluding hydrogens is 316 g/mol. The molecule has 0 spiro atoms. The highest BCUT2D eigenvalue weighted by Crippen LogP contribution is 2.17. The van der Waals surface area contributed by atoms with Crippen LogP contribution in [-0.4, -0.2) is 51.5 Å². The summed E-state index contributed by atoms with van der Waals surface area (Å²) in [5.74, 6) is -0.300. The van der Waals surface area contributed by atoms with Gasteiger partial charge in [-0.15, -0.1) is 0 Å². The maximum Gasteiger partial charge on any atom is 0.251 e. The Bertz CT molecular complexity index is 612. The summed E-state index contributed by atoms with van der Waals surface area (Å²) < 4.78 is 31.5. The van der Waals surface area contributed by atoms with Gasteiger partial charge in [0.2, 0.25) is 10.0 Å². The van der Waals surface area contributed by atoms with Crippen molar-refractivity contribution in [1.82, 2.24) is 9.62 Å². The molecule has 1 rings (SSSR count). The molecule has 0 radical (unpaired) electrons. The Morgan fingerprint density at radius 3 is 2.43 bits per heavy atom. The summed E-state index contributed by atoms with van der Waals surface area (Å²) in [6.07, 6.45) is 0.733. The standard InChI is InChI=1S/C16H26N2O4S/c1-5-14(12-22-4)17-16(19)13-9-8-10-15(11-13)23(20,21)18(6-2)7-3/h8-11,14H,5-7,12H2,1-4H3,(H,17,19)/t14-/m0/s1. The summed E-state index contributed by atoms with van der Waals surface area (Å²) in [5, 5.41) is 2.85. The van der Waals surface area contributed by atoms with Gasteiger partial charge in [-0.05, 0) is 24.6 Å². The van der Waals surface area contributed by atoms with Crippen LogP contribution in [0.4, 0.5) is 0 Å². The van der Waals surface area contributed by atoms with Crippen LogP contribution in [0, 0.1) is 0 Å². The zero-order valence-electron chi connectivity index (χ0n) is 14.2. The van der Waals surface area contributed by atoms with E-state index in [1.807, 2.05) is 6.92 Å². The second kappa shape index (κ2) is 9.00. The highest BCUT2D eigenvalue weighted by atomic mass is 32.2. The maximum absolute atomic E-state index is 12.5. The zero-order valence-corrected chi connectivity index (χ0v) is 15.0. The number of hydrogen-bond donors (Lipinski definition) is 1. The van der Waals surface area contributed by atoms with Crippen molar-refractivity contribution in [3.63, 3.8) is 0 Å². The monoisotopic (exact) mass is 342 g/mol. The van der Waals surface area contributed by atoms with Gasteiger partial charge in [0, 0.05) is 25.8 Å². The largest absolute Gasteiger partial charge is 0.383 e. The van der Waals surface area contributed by atoms with E-state index in [2.05, 4.69) is 5.32 Å². The summed E-state index contributed by atoms with van der Waals surface area (Å²) >= 11 is 0. The smallest absolute Gasteiger partial charge is 0.251 e. The molecule has 1 atom stereocenters. The Labute approximate surface area is 138 Å². The van der Waals surface area contributed by atoms with Crippen molar-refractivity contribution in [2.45, 2.75) is 38.1 Å². The van der Waals surface area contributed by atoms with Gasteiger partial charge < -0.3 is 10.1 Å². The van der Waals surface area contributed by atoms with E-state index in [0.717, 1.165) is 6.42 Å². The molecule has 0 bridgehead atoms. The number of methoxy groups -OCH3 is 1. The summed E-state index contributed by atoms with van der Waals surface area (Å²) in [5.41, 5.74) is 0.327. The van der Waals surface area contributed by atoms with E-state index in [1.165, 1.54) is 16.4 Å². The van der Waals surface area contributed by atoms with Crippen LogP contribution in [0.15, 0.2) is 29.2 Å². The molecule has 130 valence electrons. The molecule has 1 aromatic carbocycles. The predicted molar refractivity (Wildman–Crippen MR) is 90.0 cm³/mol. The summed E-state index contributed by atoms with van der Waals surface area (Å²) in [6.45, 7) is 6.72. The highest BCUT2D eigenvalue weighted by Gasteiger charge is 2.22. The molecule has 0 aliphatic heterocycles. The molecule has 1 aromatic rings. The van der Waals surface area contributed by atoms with E-state index in [0.29, 0.717) is 25.3 Å². The number of nitrogens with zero attached hydrogens (tertiary/aromatic N) is 1. The quantitative estimate of drug-likeness (QED) is 0.743. The number of carbonyl (C=O) groups excluding carboxylic acids is 1. The lowest BCUT2D eigenvalue weighted by Gasteiger charge is -2.19. The van der Waals surface area contributed by atoms with E-state index < -0.39 is 10.0 Å². The molecular formula is C16H26N2O4S. The Morgan fingerprint density at radius 2 is 1.91 bits per heavy atom. The van der Waals surface area contributed by atoms with Gasteiger partial charge in [0.25, 0.3) is 5.91 Å². The Hall–Kier alpha value is -1.44. The lowest BCUT2D eigenvalue weighted by molar-refractivity contribution is 0.0894. The first-order valence-corrected chi connectivity index (χ1v) is 9.24. The molecule has 0 saturated heterocycles. The minimum Gasteiger partial charge on any atom is -0.383 e. The molecule has 23 heavy (non-hydrogen) atoms. The molecule has 0 aliphatic carbocycles. The highest BCUT2D eigenvalue weighted by molar-refractivity contribution is 7.89. The number of rotatable bonds is 9. The molecule has 0 heterocycles. The molecule has 7 heteroatoms. The predicted octanol–water partition coefficient (Wildman–Crippen LogP) is 1.87. The molecule has 0 aromatic heterocycles. The lowest BCUT2D eigenvalue weighted by atomic mass is 10.2. The fraction of sp³-hybridized carbons (Fsp3) is 0.562. The van der Waals surface area contributed by atoms with Crippen molar-refractivity contribution in [3.8, 4) is 0 Å². The Kier molecular flexibility index (Phi) is 7.67. The fourth-order valence-corrected chi connectivity index (χ4v) is 3.75. The molecule has 1 amide bonds. The normalized spacial score (nSPS) is 13.1. The minimum absolute atomic E-state index is 0.101. The first-order valence-electron chi connectivity index (χ1n) is 7.80. The van der Waals surface area contributed by atoms with Crippen molar-refractivity contribution in [3.05, 3.63) is 29.8 Å². The molecule has 0 aliphatic rings. The van der Waals surface area contributed by atoms with Gasteiger partial charge in [-0.2, -0.15) is 4.31 Å². The number of amides is 1. The van der Waals surface area contributed by atoms with Crippen molar-refractivity contribution in [2.75, 3.05) is 26.8 Å². The van der Waals surface area contributed by atoms with E-state index in [1.54, 1.807) is 33.1 Å². The van der Waals surface area contributed by atoms with Crippen molar-refractivity contribution < 1.29 is 17.9 Å². The second-order valence-electron chi connectivity index (χ2n) is 5.15. The molecule has 1 N–H and O–H groups in total. The van der Waals surface area contributed by atoms with Gasteiger partial charge in [0.1, 0.15) is 0 Å². The first-order chi connectivity index (χ1) is 10.9. The van der Waals surface area contributed by atoms with E-state index in [4.69, 9.17) is 4.74 Å². The SMILES string of the molecule is CC[C@@H](COC)NC(=O)c1cccc(S(=O)(=O)N(CC)CC)c1. The second-order valence-corrected chi connectivity index (χ2v) is 7.09. The van der Waals surface area contributed by atoms with Crippen LogP contribution >= 0.6 is 0 Å². The maximum atomic E-state index is 12.5. The van der Waals surface area contributed by atoms with Gasteiger partial charge in [0.15, 0.2) is 0 Å². The van der Waals surface area contributed by atoms with Gasteiger partial charge >= 0.3 is 0 Å². The third-order valence-electron chi connectivity index (χ3n) is 3.64. The fourth-order valence-electron chi connectivity index (χ4n) is 2.24. The number of benzene rings is 1. The summed E-state index contributed by atoms with van der Waals surface area (Å²) in [6, 6.07) is 6.02. The first kappa shape index (κ1) is 19.6. The van der Waals surface area contributed by atoms with Crippen LogP contribution in [0.1, 0.15) is 37.6 Å². The number of carbonyl (C=O) groups is 1. The Balaban J connectivity index is 3.03. The topological polar surface area (TPSA) is 75.7 Å². The molecule has 0 fully saturated rings. The van der Waals surface area contributed by atoms with Crippen molar-refractivity contribution in [1.29, 1.82) is 0 Å². The number of hydrogen-bond acceptors (Lipinski definition) is 4. The summed E-state index contributed by atoms with van der Waals surface area (Å²) in [4.78, 5) is 12.4. The minimum atomic E-state index is -3.57. The van der Waals surface area contributed by atoms with Crippen molar-refractivity contribution in [2.24, 2.45) is 0 Å². The van der Waals surface area contributed by atoms with Crippen LogP contribution in [0.25, 0.3) is 0 Å². The van der Waals surface area contributed by atoms with E-state index in [9.17, 15) is 13.2 Å². The zero-order chi connectivity index (χ0) is 17.5. The van der Waals surface area contributed by atoms with Crippen LogP contribution in [-0.2, 0) is 14.8 Å². The number of ether oxygens (including phenoxy) is 1. The average Bonchev–Trinajstić information content (AvgIpc) is 2.55. The van der Waals surface area contributed by atoms with Crippen LogP contribution in [0.3, 0.4) is 0 Å². The Morgan fingerprint density at radius 1 is 1.26 bits per heavy atom. The lowest BCUT2D eigenvalue weighted by Crippen LogP contribution is -2.37. The van der Waals surface area contributed by atoms with Crippen LogP contribution in [0.5, 0.6) is 0 Å². The van der Waals surface area contributed by atoms with Gasteiger partial charge in [0.05, 0.1) is 17.5 Å². The van der Waals surface area contributed by atoms with Gasteiger partial charge in [-0.1, -0.05) is 26.8 Å². The number of nitrogens with one attached hydrogen (secondary N) is 1. The number of sulfonamides is 1. The third-order valence-corrected chi connectivity index (χ3v) is 5.68. The van der Waals surface area contributed by atoms with Crippen LogP contribution < -0.4 is 5.32 Å². The van der Waals surface area contributed by atoms with E-state index in [-0.39, 0.29) is 16.8 Å². The molecule has 6 nitrogen and oxygen atoms in total. The van der Waals surface area contributed by atoms with Crippen molar-refractivity contribution >= 4 is 15.9 Å². The third kappa shape index (κ3) is 5.02. The van der Waals surface area contributed by atoms with Gasteiger partial charge in [-0.25, -0.2) is 8.42 Å². The van der Waals surface area contributed by atoms with Crippen LogP contribution in [0.2, 0.25) is 0 Å². The van der Waals surface area contributed by atoms with E-state index >= 15 is 0 Å². The van der Waals surface area contributed by atoms with Gasteiger partial charge in [-0.3, -0.25) is 4.79 Å². The molecule has 0 saturated carbocycles.